The Morgan fingerprint density at radius 1 is 0.482 bits per heavy atom. The Balaban J connectivity index is 1.20. The van der Waals surface area contributed by atoms with Crippen LogP contribution in [0.2, 0.25) is 0 Å². The molecule has 0 spiro atoms. The van der Waals surface area contributed by atoms with Crippen LogP contribution in [0.3, 0.4) is 0 Å². The maximum Gasteiger partial charge on any atom is 0.194 e. The number of carbonyl (C=O) groups excluding carboxylic acids is 2. The topological polar surface area (TPSA) is 34.1 Å². The fourth-order valence-corrected chi connectivity index (χ4v) is 11.7. The standard InChI is InChI=1S/C52H52O2S2/c1-4-6-8-10-12-14-24-52(33(3)17-13-11-9-7-5-2)46-31-38-36-22-20-34(48-18-15-25-55-48)27-42(36)50(53)44(38)29-40(46)41-30-45-39(32-47(41)52)37-23-21-35(28-43(37)51(45)54)49-19-16-26-56-49/h15-16,18-23,25-33H,4-14,17,24H2,1-3H3. The molecule has 4 heteroatoms. The van der Waals surface area contributed by atoms with Gasteiger partial charge in [0.2, 0.25) is 0 Å². The summed E-state index contributed by atoms with van der Waals surface area (Å²) in [5.74, 6) is 0.619. The predicted octanol–water partition coefficient (Wildman–Crippen LogP) is 15.6. The van der Waals surface area contributed by atoms with Crippen molar-refractivity contribution in [2.24, 2.45) is 5.92 Å². The van der Waals surface area contributed by atoms with E-state index in [-0.39, 0.29) is 17.0 Å². The van der Waals surface area contributed by atoms with E-state index in [0.717, 1.165) is 86.0 Å². The summed E-state index contributed by atoms with van der Waals surface area (Å²) in [6.45, 7) is 7.09. The van der Waals surface area contributed by atoms with Crippen LogP contribution in [0.5, 0.6) is 0 Å². The molecule has 1 atom stereocenters. The van der Waals surface area contributed by atoms with Gasteiger partial charge in [-0.25, -0.2) is 0 Å². The molecule has 284 valence electrons. The molecule has 0 amide bonds. The lowest BCUT2D eigenvalue weighted by Gasteiger charge is -2.39. The summed E-state index contributed by atoms with van der Waals surface area (Å²) in [5.41, 5.74) is 14.5. The first-order valence-corrected chi connectivity index (χ1v) is 23.0. The normalized spacial score (nSPS) is 14.7. The van der Waals surface area contributed by atoms with Crippen molar-refractivity contribution in [3.05, 3.63) is 129 Å². The first-order valence-electron chi connectivity index (χ1n) is 21.3. The number of hydrogen-bond acceptors (Lipinski definition) is 4. The minimum Gasteiger partial charge on any atom is -0.289 e. The third kappa shape index (κ3) is 6.19. The van der Waals surface area contributed by atoms with Gasteiger partial charge in [0, 0.05) is 37.4 Å². The molecule has 9 rings (SSSR count). The van der Waals surface area contributed by atoms with Gasteiger partial charge in [-0.15, -0.1) is 22.7 Å². The maximum absolute atomic E-state index is 14.4. The van der Waals surface area contributed by atoms with Crippen LogP contribution in [0.4, 0.5) is 0 Å². The summed E-state index contributed by atoms with van der Waals surface area (Å²) in [7, 11) is 0. The van der Waals surface area contributed by atoms with Crippen LogP contribution in [0.1, 0.15) is 147 Å². The molecule has 0 bridgehead atoms. The molecule has 6 aromatic rings. The summed E-state index contributed by atoms with van der Waals surface area (Å²) in [4.78, 5) is 31.2. The lowest BCUT2D eigenvalue weighted by molar-refractivity contribution is 0.103. The Morgan fingerprint density at radius 3 is 1.43 bits per heavy atom. The molecule has 0 saturated carbocycles. The van der Waals surface area contributed by atoms with E-state index in [1.165, 1.54) is 85.1 Å². The van der Waals surface area contributed by atoms with E-state index in [9.17, 15) is 9.59 Å². The van der Waals surface area contributed by atoms with E-state index in [1.54, 1.807) is 22.7 Å². The second-order valence-electron chi connectivity index (χ2n) is 16.6. The highest BCUT2D eigenvalue weighted by atomic mass is 32.1. The van der Waals surface area contributed by atoms with E-state index < -0.39 is 0 Å². The van der Waals surface area contributed by atoms with Gasteiger partial charge in [0.1, 0.15) is 0 Å². The maximum atomic E-state index is 14.4. The number of carbonyl (C=O) groups is 2. The third-order valence-corrected chi connectivity index (χ3v) is 15.1. The van der Waals surface area contributed by atoms with Gasteiger partial charge < -0.3 is 0 Å². The lowest BCUT2D eigenvalue weighted by atomic mass is 9.64. The van der Waals surface area contributed by atoms with Gasteiger partial charge in [-0.2, -0.15) is 0 Å². The van der Waals surface area contributed by atoms with Gasteiger partial charge in [0.05, 0.1) is 0 Å². The zero-order valence-electron chi connectivity index (χ0n) is 33.1. The predicted molar refractivity (Wildman–Crippen MR) is 238 cm³/mol. The Morgan fingerprint density at radius 2 is 0.946 bits per heavy atom. The molecule has 56 heavy (non-hydrogen) atoms. The van der Waals surface area contributed by atoms with Crippen LogP contribution >= 0.6 is 22.7 Å². The number of benzene rings is 4. The van der Waals surface area contributed by atoms with Crippen molar-refractivity contribution in [2.45, 2.75) is 110 Å². The summed E-state index contributed by atoms with van der Waals surface area (Å²) in [5, 5.41) is 4.19. The zero-order valence-corrected chi connectivity index (χ0v) is 34.8. The number of hydrogen-bond donors (Lipinski definition) is 0. The van der Waals surface area contributed by atoms with Gasteiger partial charge in [-0.1, -0.05) is 128 Å². The second-order valence-corrected chi connectivity index (χ2v) is 18.5. The van der Waals surface area contributed by atoms with Crippen molar-refractivity contribution < 1.29 is 9.59 Å². The van der Waals surface area contributed by atoms with E-state index in [1.807, 2.05) is 0 Å². The van der Waals surface area contributed by atoms with Crippen molar-refractivity contribution in [1.82, 2.24) is 0 Å². The molecule has 0 aliphatic heterocycles. The second kappa shape index (κ2) is 15.5. The molecule has 0 radical (unpaired) electrons. The van der Waals surface area contributed by atoms with Gasteiger partial charge >= 0.3 is 0 Å². The smallest absolute Gasteiger partial charge is 0.194 e. The molecule has 2 nitrogen and oxygen atoms in total. The Labute approximate surface area is 341 Å². The van der Waals surface area contributed by atoms with Gasteiger partial charge in [-0.05, 0) is 134 Å². The summed E-state index contributed by atoms with van der Waals surface area (Å²) in [6, 6.07) is 30.7. The highest BCUT2D eigenvalue weighted by Crippen LogP contribution is 2.60. The van der Waals surface area contributed by atoms with Crippen LogP contribution in [0.25, 0.3) is 54.3 Å². The molecular formula is C52H52O2S2. The third-order valence-electron chi connectivity index (χ3n) is 13.3. The molecule has 0 N–H and O–H groups in total. The van der Waals surface area contributed by atoms with E-state index >= 15 is 0 Å². The van der Waals surface area contributed by atoms with Crippen molar-refractivity contribution >= 4 is 34.2 Å². The quantitative estimate of drug-likeness (QED) is 0.0917. The molecular weight excluding hydrogens is 721 g/mol. The van der Waals surface area contributed by atoms with Crippen LogP contribution in [-0.4, -0.2) is 11.6 Å². The zero-order chi connectivity index (χ0) is 38.4. The molecule has 3 aliphatic carbocycles. The molecule has 2 heterocycles. The number of fused-ring (bicyclic) bond motifs is 9. The average molecular weight is 773 g/mol. The van der Waals surface area contributed by atoms with Gasteiger partial charge in [-0.3, -0.25) is 9.59 Å². The van der Waals surface area contributed by atoms with Gasteiger partial charge in [0.25, 0.3) is 0 Å². The number of ketones is 2. The molecule has 4 aromatic carbocycles. The van der Waals surface area contributed by atoms with E-state index in [2.05, 4.69) is 116 Å². The number of unbranched alkanes of at least 4 members (excludes halogenated alkanes) is 9. The highest BCUT2D eigenvalue weighted by molar-refractivity contribution is 7.13. The number of thiophene rings is 2. The van der Waals surface area contributed by atoms with Crippen LogP contribution in [0.15, 0.2) is 95.7 Å². The minimum absolute atomic E-state index is 0.112. The lowest BCUT2D eigenvalue weighted by Crippen LogP contribution is -2.33. The van der Waals surface area contributed by atoms with Crippen molar-refractivity contribution in [3.63, 3.8) is 0 Å². The average Bonchev–Trinajstić information content (AvgIpc) is 4.07. The van der Waals surface area contributed by atoms with Crippen molar-refractivity contribution in [2.75, 3.05) is 0 Å². The van der Waals surface area contributed by atoms with E-state index in [0.29, 0.717) is 5.92 Å². The van der Waals surface area contributed by atoms with E-state index in [4.69, 9.17) is 0 Å². The SMILES string of the molecule is CCCCCCCCC1(C(C)CCCCCCC)c2cc3c(cc2-c2cc4c(cc21)-c1ccc(-c2cccs2)cc1C4=O)C(=O)c1cc(-c2cccs2)ccc1-3. The Hall–Kier alpha value is -4.38. The molecule has 3 aliphatic rings. The summed E-state index contributed by atoms with van der Waals surface area (Å²) in [6.07, 6.45) is 16.1. The van der Waals surface area contributed by atoms with Crippen molar-refractivity contribution in [1.29, 1.82) is 0 Å². The summed E-state index contributed by atoms with van der Waals surface area (Å²) >= 11 is 3.42. The highest BCUT2D eigenvalue weighted by Gasteiger charge is 2.49. The first-order chi connectivity index (χ1) is 27.4. The Bertz CT molecular complexity index is 2280. The first kappa shape index (κ1) is 37.2. The molecule has 1 unspecified atom stereocenters. The fraction of sp³-hybridized carbons (Fsp3) is 0.346. The molecule has 0 saturated heterocycles. The Kier molecular flexibility index (Phi) is 10.3. The molecule has 2 aromatic heterocycles. The van der Waals surface area contributed by atoms with Gasteiger partial charge in [0.15, 0.2) is 11.6 Å². The van der Waals surface area contributed by atoms with Crippen molar-refractivity contribution in [3.8, 4) is 54.3 Å². The fourth-order valence-electron chi connectivity index (χ4n) is 10.3. The van der Waals surface area contributed by atoms with Crippen LogP contribution in [0, 0.1) is 5.92 Å². The largest absolute Gasteiger partial charge is 0.289 e. The number of rotatable bonds is 16. The minimum atomic E-state index is -0.213. The monoisotopic (exact) mass is 772 g/mol. The van der Waals surface area contributed by atoms with Crippen LogP contribution in [-0.2, 0) is 5.41 Å². The van der Waals surface area contributed by atoms with Crippen LogP contribution < -0.4 is 0 Å². The molecule has 0 fully saturated rings. The summed E-state index contributed by atoms with van der Waals surface area (Å²) < 4.78 is 0.